The summed E-state index contributed by atoms with van der Waals surface area (Å²) in [5.74, 6) is 0. The normalized spacial score (nSPS) is 41.7. The Labute approximate surface area is 478 Å². The lowest BCUT2D eigenvalue weighted by Gasteiger charge is -2.52. The highest BCUT2D eigenvalue weighted by atomic mass is 16.8. The zero-order chi connectivity index (χ0) is 59.6. The smallest absolute Gasteiger partial charge is 0.187 e. The summed E-state index contributed by atoms with van der Waals surface area (Å²) in [6, 6.07) is 0. The monoisotopic (exact) mass is 1180 g/mol. The number of hydrogen-bond donors (Lipinski definition) is 0. The third-order valence-corrected chi connectivity index (χ3v) is 15.9. The fraction of sp³-hybridized carbons (Fsp3) is 1.00. The van der Waals surface area contributed by atoms with Gasteiger partial charge in [-0.2, -0.15) is 0 Å². The highest BCUT2D eigenvalue weighted by Gasteiger charge is 2.59. The summed E-state index contributed by atoms with van der Waals surface area (Å²) in [6.07, 6.45) is -22.5. The Hall–Kier alpha value is -1.12. The van der Waals surface area contributed by atoms with Crippen molar-refractivity contribution in [3.05, 3.63) is 0 Å². The molecule has 27 unspecified atom stereocenters. The summed E-state index contributed by atoms with van der Waals surface area (Å²) in [4.78, 5) is 0. The highest BCUT2D eigenvalue weighted by Crippen LogP contribution is 2.40. The van der Waals surface area contributed by atoms with Gasteiger partial charge in [0.05, 0.1) is 51.8 Å². The van der Waals surface area contributed by atoms with E-state index >= 15 is 0 Å². The van der Waals surface area contributed by atoms with Gasteiger partial charge in [-0.1, -0.05) is 0 Å². The van der Waals surface area contributed by atoms with Crippen LogP contribution in [0.15, 0.2) is 0 Å². The molecular formula is C53H98O28. The van der Waals surface area contributed by atoms with E-state index in [-0.39, 0.29) is 39.6 Å². The van der Waals surface area contributed by atoms with E-state index in [4.69, 9.17) is 133 Å². The standard InChI is InChI=1S/C53H98O28/c1-27-34(39(64-13)46(48(73-27)72-26-53(71-20,25-58-7)32(59-8)24-57-6)80-50-44(69-18)40(65-14)35(60-9)29(75-50)21-54-3)78-49-43(68-17)38(63-12)33(28(2)74-49)79-52-47(42(67-16)37(62-11)31(77-52)23-56-5)81-51-45(70-19)41(66-15)36(61-10)30(76-51)22-55-4/h27-52H,21-26H2,1-20H3. The molecule has 28 heteroatoms. The van der Waals surface area contributed by atoms with Gasteiger partial charge in [0, 0.05) is 128 Å². The minimum atomic E-state index is -1.21. The lowest BCUT2D eigenvalue weighted by Crippen LogP contribution is -2.68. The van der Waals surface area contributed by atoms with E-state index in [1.807, 2.05) is 13.8 Å². The van der Waals surface area contributed by atoms with Crippen LogP contribution >= 0.6 is 0 Å². The van der Waals surface area contributed by atoms with Crippen molar-refractivity contribution in [3.8, 4) is 0 Å². The van der Waals surface area contributed by atoms with Crippen molar-refractivity contribution in [2.45, 2.75) is 179 Å². The van der Waals surface area contributed by atoms with Crippen LogP contribution in [0.2, 0.25) is 0 Å². The van der Waals surface area contributed by atoms with Crippen LogP contribution in [0.25, 0.3) is 0 Å². The first-order valence-corrected chi connectivity index (χ1v) is 27.0. The molecule has 27 atom stereocenters. The van der Waals surface area contributed by atoms with Gasteiger partial charge in [0.2, 0.25) is 0 Å². The van der Waals surface area contributed by atoms with E-state index in [2.05, 4.69) is 0 Å². The molecule has 0 bridgehead atoms. The van der Waals surface area contributed by atoms with Crippen LogP contribution in [0, 0.1) is 0 Å². The van der Waals surface area contributed by atoms with Crippen molar-refractivity contribution >= 4 is 0 Å². The number of methoxy groups -OCH3 is 18. The maximum atomic E-state index is 7.02. The SMILES string of the molecule is COCC1OC(OC2C(OCC(COC)(OC)C(COC)OC)OC(C)C(OC3OC(C)C(OC4OC(COC)C(OC)C(OC)C4OC4OC(COC)C(OC)C(OC)C4OC)C(OC)C3OC)C2OC)C(OC)C(OC)C1OC. The first-order chi connectivity index (χ1) is 39.2. The highest BCUT2D eigenvalue weighted by molar-refractivity contribution is 5.01. The summed E-state index contributed by atoms with van der Waals surface area (Å²) < 4.78 is 175. The molecule has 0 aromatic heterocycles. The Morgan fingerprint density at radius 3 is 0.951 bits per heavy atom. The topological polar surface area (TPSA) is 258 Å². The quantitative estimate of drug-likeness (QED) is 0.0809. The molecule has 28 nitrogen and oxygen atoms in total. The maximum Gasteiger partial charge on any atom is 0.187 e. The van der Waals surface area contributed by atoms with Crippen molar-refractivity contribution in [1.29, 1.82) is 0 Å². The van der Waals surface area contributed by atoms with Crippen molar-refractivity contribution in [2.24, 2.45) is 0 Å². The zero-order valence-corrected chi connectivity index (χ0v) is 51.2. The molecule has 0 N–H and O–H groups in total. The predicted molar refractivity (Wildman–Crippen MR) is 279 cm³/mol. The van der Waals surface area contributed by atoms with Crippen LogP contribution in [0.3, 0.4) is 0 Å². The minimum absolute atomic E-state index is 0.0568. The van der Waals surface area contributed by atoms with E-state index in [0.29, 0.717) is 0 Å². The van der Waals surface area contributed by atoms with E-state index in [1.165, 1.54) is 42.7 Å². The average molecular weight is 1180 g/mol. The van der Waals surface area contributed by atoms with Crippen LogP contribution in [-0.4, -0.2) is 333 Å². The van der Waals surface area contributed by atoms with Crippen molar-refractivity contribution in [3.63, 3.8) is 0 Å². The zero-order valence-electron chi connectivity index (χ0n) is 51.2. The molecule has 0 amide bonds. The summed E-state index contributed by atoms with van der Waals surface area (Å²) in [6.45, 7) is 4.11. The van der Waals surface area contributed by atoms with Crippen LogP contribution in [0.4, 0.5) is 0 Å². The third kappa shape index (κ3) is 16.2. The maximum absolute atomic E-state index is 7.02. The van der Waals surface area contributed by atoms with Gasteiger partial charge in [-0.3, -0.25) is 0 Å². The molecule has 478 valence electrons. The van der Waals surface area contributed by atoms with E-state index in [0.717, 1.165) is 0 Å². The van der Waals surface area contributed by atoms with Crippen LogP contribution in [-0.2, 0) is 133 Å². The van der Waals surface area contributed by atoms with Crippen LogP contribution in [0.1, 0.15) is 13.8 Å². The van der Waals surface area contributed by atoms with Gasteiger partial charge in [-0.25, -0.2) is 0 Å². The second-order valence-corrected chi connectivity index (χ2v) is 20.2. The Morgan fingerprint density at radius 2 is 0.617 bits per heavy atom. The minimum Gasteiger partial charge on any atom is -0.382 e. The predicted octanol–water partition coefficient (Wildman–Crippen LogP) is 0.00530. The van der Waals surface area contributed by atoms with Crippen molar-refractivity contribution in [1.82, 2.24) is 0 Å². The van der Waals surface area contributed by atoms with Gasteiger partial charge >= 0.3 is 0 Å². The number of hydrogen-bond acceptors (Lipinski definition) is 28. The first-order valence-electron chi connectivity index (χ1n) is 27.0. The Kier molecular flexibility index (Phi) is 30.5. The van der Waals surface area contributed by atoms with Gasteiger partial charge in [0.1, 0.15) is 122 Å². The molecule has 0 aromatic rings. The second-order valence-electron chi connectivity index (χ2n) is 20.2. The lowest BCUT2D eigenvalue weighted by molar-refractivity contribution is -0.404. The number of rotatable bonds is 35. The van der Waals surface area contributed by atoms with Gasteiger partial charge in [-0.15, -0.1) is 0 Å². The lowest BCUT2D eigenvalue weighted by atomic mass is 9.95. The van der Waals surface area contributed by atoms with E-state index < -0.39 is 165 Å². The third-order valence-electron chi connectivity index (χ3n) is 15.9. The van der Waals surface area contributed by atoms with Crippen molar-refractivity contribution < 1.29 is 133 Å². The van der Waals surface area contributed by atoms with Gasteiger partial charge in [0.15, 0.2) is 31.5 Å². The molecule has 5 heterocycles. The molecule has 5 rings (SSSR count). The fourth-order valence-electron chi connectivity index (χ4n) is 11.8. The summed E-state index contributed by atoms with van der Waals surface area (Å²) in [5.41, 5.74) is -1.19. The molecule has 5 aliphatic rings. The van der Waals surface area contributed by atoms with Gasteiger partial charge < -0.3 is 133 Å². The molecule has 5 aliphatic heterocycles. The fourth-order valence-corrected chi connectivity index (χ4v) is 11.8. The van der Waals surface area contributed by atoms with Gasteiger partial charge in [0.25, 0.3) is 0 Å². The van der Waals surface area contributed by atoms with Crippen LogP contribution < -0.4 is 0 Å². The van der Waals surface area contributed by atoms with Crippen molar-refractivity contribution in [2.75, 3.05) is 168 Å². The second kappa shape index (κ2) is 35.0. The Balaban J connectivity index is 1.50. The molecule has 0 spiro atoms. The summed E-state index contributed by atoms with van der Waals surface area (Å²) >= 11 is 0. The Morgan fingerprint density at radius 1 is 0.309 bits per heavy atom. The molecule has 5 fully saturated rings. The first kappa shape index (κ1) is 70.6. The van der Waals surface area contributed by atoms with E-state index in [1.54, 1.807) is 85.3 Å². The molecule has 0 saturated carbocycles. The molecule has 0 radical (unpaired) electrons. The average Bonchev–Trinajstić information content (AvgIpc) is 3.50. The summed E-state index contributed by atoms with van der Waals surface area (Å²) in [5, 5.41) is 0. The number of ether oxygens (including phenoxy) is 28. The molecule has 81 heavy (non-hydrogen) atoms. The van der Waals surface area contributed by atoms with Crippen LogP contribution in [0.5, 0.6) is 0 Å². The summed E-state index contributed by atoms with van der Waals surface area (Å²) in [7, 11) is 27.8. The van der Waals surface area contributed by atoms with Gasteiger partial charge in [-0.05, 0) is 13.8 Å². The Bertz CT molecular complexity index is 1700. The molecule has 0 aromatic carbocycles. The molecule has 5 saturated heterocycles. The molecule has 0 aliphatic carbocycles. The van der Waals surface area contributed by atoms with E-state index in [9.17, 15) is 0 Å². The largest absolute Gasteiger partial charge is 0.382 e. The molecular weight excluding hydrogens is 1080 g/mol.